The summed E-state index contributed by atoms with van der Waals surface area (Å²) >= 11 is 0. The fourth-order valence-electron chi connectivity index (χ4n) is 4.81. The van der Waals surface area contributed by atoms with Gasteiger partial charge in [0.1, 0.15) is 26.9 Å². The number of nitrogens with two attached hydrogens (primary N) is 1. The van der Waals surface area contributed by atoms with E-state index in [0.29, 0.717) is 28.4 Å². The van der Waals surface area contributed by atoms with E-state index in [1.165, 1.54) is 37.4 Å². The third-order valence-corrected chi connectivity index (χ3v) is 10.5. The zero-order valence-corrected chi connectivity index (χ0v) is 31.5. The summed E-state index contributed by atoms with van der Waals surface area (Å²) in [4.78, 5) is -0.541. The van der Waals surface area contributed by atoms with Crippen molar-refractivity contribution in [1.29, 1.82) is 0 Å². The summed E-state index contributed by atoms with van der Waals surface area (Å²) in [6, 6.07) is 18.9. The number of nitrogen functional groups attached to an aromatic ring is 1. The molecule has 3 N–H and O–H groups in total. The van der Waals surface area contributed by atoms with Gasteiger partial charge in [-0.25, -0.2) is 0 Å². The van der Waals surface area contributed by atoms with Gasteiger partial charge in [-0.15, -0.1) is 15.3 Å². The molecule has 0 spiro atoms. The second-order valence-electron chi connectivity index (χ2n) is 11.1. The Morgan fingerprint density at radius 2 is 1.22 bits per heavy atom. The number of phenols is 1. The number of hydrogen-bond acceptors (Lipinski definition) is 18. The third-order valence-electron chi connectivity index (χ3n) is 7.41. The predicted octanol–water partition coefficient (Wildman–Crippen LogP) is 7.70. The molecule has 5 rings (SSSR count). The van der Waals surface area contributed by atoms with E-state index in [0.717, 1.165) is 26.5 Å². The van der Waals surface area contributed by atoms with Gasteiger partial charge in [0.05, 0.1) is 50.3 Å². The van der Waals surface area contributed by atoms with Crippen LogP contribution in [0.3, 0.4) is 0 Å². The molecule has 0 aromatic heterocycles. The Hall–Kier alpha value is -5.87. The number of fused-ring (bicyclic) bond motifs is 1. The molecule has 0 fully saturated rings. The molecule has 0 aliphatic carbocycles. The molecule has 54 heavy (non-hydrogen) atoms. The lowest BCUT2D eigenvalue weighted by atomic mass is 10.1. The van der Waals surface area contributed by atoms with Gasteiger partial charge in [0.2, 0.25) is 0 Å². The minimum Gasteiger partial charge on any atom is -0.505 e. The number of phenolic OH excluding ortho intramolecular Hbond substituents is 1. The molecule has 0 saturated carbocycles. The highest BCUT2D eigenvalue weighted by Crippen LogP contribution is 2.46. The van der Waals surface area contributed by atoms with Crippen LogP contribution in [0.4, 0.5) is 39.8 Å². The third kappa shape index (κ3) is 8.83. The Labute approximate surface area is 310 Å². The number of nitrogens with zero attached hydrogens (tertiary/aromatic N) is 6. The lowest BCUT2D eigenvalue weighted by molar-refractivity contribution is 0.397. The second-order valence-corrected chi connectivity index (χ2v) is 16.0. The van der Waals surface area contributed by atoms with E-state index in [1.54, 1.807) is 49.4 Å². The zero-order valence-electron chi connectivity index (χ0n) is 29.0. The molecular formula is C33H31N7O11S3. The van der Waals surface area contributed by atoms with Crippen molar-refractivity contribution >= 4 is 80.9 Å². The molecule has 5 aromatic rings. The number of hydrogen-bond donors (Lipinski definition) is 2. The molecule has 0 aliphatic rings. The van der Waals surface area contributed by atoms with Crippen LogP contribution < -0.4 is 14.7 Å². The molecule has 282 valence electrons. The van der Waals surface area contributed by atoms with Crippen LogP contribution in [0, 0.1) is 6.92 Å². The van der Waals surface area contributed by atoms with E-state index >= 15 is 0 Å². The predicted molar refractivity (Wildman–Crippen MR) is 197 cm³/mol. The second kappa shape index (κ2) is 15.6. The molecule has 18 nitrogen and oxygen atoms in total. The highest BCUT2D eigenvalue weighted by molar-refractivity contribution is 7.87. The number of aryl methyl sites for hydroxylation is 1. The standard InChI is InChI=1S/C33H31N7O11S3/c1-19-14-21(36-40-32-29(51-52(5,42)43)15-20-16-31(54(46,47)50-4)24(34)18-23(20)33(32)41)10-12-25(19)37-38-26-13-11-22(17-28(26)48-2)35-39-27-8-6-7-9-30(27)53(44,45)49-3/h6-18,41H,34H2,1-5H3. The van der Waals surface area contributed by atoms with Gasteiger partial charge >= 0.3 is 10.1 Å². The molecule has 0 saturated heterocycles. The summed E-state index contributed by atoms with van der Waals surface area (Å²) in [7, 11) is -8.95. The van der Waals surface area contributed by atoms with Gasteiger partial charge < -0.3 is 19.8 Å². The van der Waals surface area contributed by atoms with Crippen LogP contribution in [0.5, 0.6) is 17.2 Å². The van der Waals surface area contributed by atoms with Gasteiger partial charge in [0.25, 0.3) is 20.2 Å². The number of methoxy groups -OCH3 is 1. The summed E-state index contributed by atoms with van der Waals surface area (Å²) in [6.45, 7) is 1.73. The highest BCUT2D eigenvalue weighted by Gasteiger charge is 2.23. The molecule has 0 unspecified atom stereocenters. The van der Waals surface area contributed by atoms with Crippen molar-refractivity contribution in [3.63, 3.8) is 0 Å². The van der Waals surface area contributed by atoms with Gasteiger partial charge in [-0.05, 0) is 78.5 Å². The Bertz CT molecular complexity index is 2700. The van der Waals surface area contributed by atoms with Crippen molar-refractivity contribution in [3.8, 4) is 17.2 Å². The summed E-state index contributed by atoms with van der Waals surface area (Å²) in [5, 5.41) is 36.2. The van der Waals surface area contributed by atoms with E-state index in [-0.39, 0.29) is 38.4 Å². The maximum atomic E-state index is 12.3. The summed E-state index contributed by atoms with van der Waals surface area (Å²) < 4.78 is 92.9. The molecule has 5 aromatic carbocycles. The number of azo groups is 3. The van der Waals surface area contributed by atoms with Crippen LogP contribution in [0.1, 0.15) is 5.56 Å². The van der Waals surface area contributed by atoms with Crippen molar-refractivity contribution in [2.24, 2.45) is 30.7 Å². The van der Waals surface area contributed by atoms with E-state index in [9.17, 15) is 30.4 Å². The number of aromatic hydroxyl groups is 1. The molecule has 0 heterocycles. The maximum Gasteiger partial charge on any atom is 0.306 e. The first-order valence-corrected chi connectivity index (χ1v) is 19.8. The van der Waals surface area contributed by atoms with Crippen LogP contribution in [0.2, 0.25) is 0 Å². The average Bonchev–Trinajstić information content (AvgIpc) is 3.13. The quantitative estimate of drug-likeness (QED) is 0.0659. The monoisotopic (exact) mass is 797 g/mol. The lowest BCUT2D eigenvalue weighted by Crippen LogP contribution is -2.07. The number of ether oxygens (including phenoxy) is 1. The van der Waals surface area contributed by atoms with Gasteiger partial charge in [-0.3, -0.25) is 8.37 Å². The average molecular weight is 798 g/mol. The van der Waals surface area contributed by atoms with Crippen molar-refractivity contribution in [2.75, 3.05) is 33.3 Å². The van der Waals surface area contributed by atoms with Crippen molar-refractivity contribution < 1.29 is 47.6 Å². The van der Waals surface area contributed by atoms with Crippen molar-refractivity contribution in [3.05, 3.63) is 84.4 Å². The largest absolute Gasteiger partial charge is 0.505 e. The van der Waals surface area contributed by atoms with E-state index in [4.69, 9.17) is 14.7 Å². The summed E-state index contributed by atoms with van der Waals surface area (Å²) in [5.41, 5.74) is 7.45. The minimum atomic E-state index is -4.24. The number of rotatable bonds is 13. The normalized spacial score (nSPS) is 12.7. The Morgan fingerprint density at radius 1 is 0.630 bits per heavy atom. The molecular weight excluding hydrogens is 767 g/mol. The first-order valence-electron chi connectivity index (χ1n) is 15.2. The van der Waals surface area contributed by atoms with Crippen LogP contribution in [0.25, 0.3) is 10.8 Å². The van der Waals surface area contributed by atoms with Crippen LogP contribution in [-0.4, -0.2) is 57.9 Å². The van der Waals surface area contributed by atoms with Gasteiger partial charge in [0.15, 0.2) is 17.2 Å². The van der Waals surface area contributed by atoms with Gasteiger partial charge in [-0.1, -0.05) is 12.1 Å². The molecule has 0 amide bonds. The first kappa shape index (κ1) is 39.3. The fraction of sp³-hybridized carbons (Fsp3) is 0.152. The first-order chi connectivity index (χ1) is 25.5. The molecule has 0 bridgehead atoms. The smallest absolute Gasteiger partial charge is 0.306 e. The van der Waals surface area contributed by atoms with Crippen LogP contribution in [-0.2, 0) is 38.7 Å². The lowest BCUT2D eigenvalue weighted by Gasteiger charge is -2.13. The Kier molecular flexibility index (Phi) is 11.4. The molecule has 21 heteroatoms. The highest BCUT2D eigenvalue weighted by atomic mass is 32.2. The Morgan fingerprint density at radius 3 is 1.87 bits per heavy atom. The molecule has 0 radical (unpaired) electrons. The van der Waals surface area contributed by atoms with E-state index in [2.05, 4.69) is 39.1 Å². The minimum absolute atomic E-state index is 0.0404. The van der Waals surface area contributed by atoms with Crippen molar-refractivity contribution in [2.45, 2.75) is 16.7 Å². The zero-order chi connectivity index (χ0) is 39.4. The summed E-state index contributed by atoms with van der Waals surface area (Å²) in [6.07, 6.45) is 0.784. The van der Waals surface area contributed by atoms with Gasteiger partial charge in [0, 0.05) is 11.5 Å². The summed E-state index contributed by atoms with van der Waals surface area (Å²) in [5.74, 6) is -0.698. The van der Waals surface area contributed by atoms with Crippen LogP contribution in [0.15, 0.2) is 119 Å². The number of benzene rings is 5. The Balaban J connectivity index is 1.41. The van der Waals surface area contributed by atoms with E-state index < -0.39 is 46.7 Å². The van der Waals surface area contributed by atoms with Gasteiger partial charge in [-0.2, -0.15) is 40.6 Å². The van der Waals surface area contributed by atoms with E-state index in [1.807, 2.05) is 0 Å². The van der Waals surface area contributed by atoms with Crippen LogP contribution >= 0.6 is 0 Å². The fourth-order valence-corrected chi connectivity index (χ4v) is 6.85. The maximum absolute atomic E-state index is 12.3. The molecule has 0 aliphatic heterocycles. The number of anilines is 1. The molecule has 0 atom stereocenters. The van der Waals surface area contributed by atoms with Crippen molar-refractivity contribution in [1.82, 2.24) is 0 Å². The SMILES string of the molecule is COc1cc(N=Nc2ccccc2S(=O)(=O)OC)ccc1N=Nc1ccc(N=Nc2c(OS(C)(=O)=O)cc3cc(S(=O)(=O)OC)c(N)cc3c2O)cc1C. The topological polar surface area (TPSA) is 260 Å².